The van der Waals surface area contributed by atoms with Gasteiger partial charge in [0.25, 0.3) is 5.91 Å². The molecule has 0 unspecified atom stereocenters. The van der Waals surface area contributed by atoms with Crippen LogP contribution < -0.4 is 10.6 Å². The van der Waals surface area contributed by atoms with Crippen molar-refractivity contribution in [1.29, 1.82) is 0 Å². The maximum absolute atomic E-state index is 12.5. The molecule has 2 N–H and O–H groups in total. The van der Waals surface area contributed by atoms with Crippen LogP contribution in [0.25, 0.3) is 10.9 Å². The molecule has 0 saturated carbocycles. The molecule has 2 heterocycles. The quantitative estimate of drug-likeness (QED) is 0.551. The number of nitrogens with one attached hydrogen (secondary N) is 2. The zero-order chi connectivity index (χ0) is 19.3. The van der Waals surface area contributed by atoms with Gasteiger partial charge in [0, 0.05) is 30.5 Å². The van der Waals surface area contributed by atoms with E-state index in [4.69, 9.17) is 0 Å². The fraction of sp³-hybridized carbons (Fsp3) is 0.0909. The third-order valence-electron chi connectivity index (χ3n) is 4.37. The number of anilines is 2. The number of carbonyl (C=O) groups excluding carboxylic acids is 1. The van der Waals surface area contributed by atoms with Gasteiger partial charge in [-0.05, 0) is 24.6 Å². The van der Waals surface area contributed by atoms with Gasteiger partial charge in [-0.15, -0.1) is 0 Å². The summed E-state index contributed by atoms with van der Waals surface area (Å²) in [7, 11) is 0. The average Bonchev–Trinajstić information content (AvgIpc) is 2.74. The Morgan fingerprint density at radius 3 is 2.46 bits per heavy atom. The van der Waals surface area contributed by atoms with Crippen LogP contribution in [0, 0.1) is 6.92 Å². The second-order valence-electron chi connectivity index (χ2n) is 6.47. The van der Waals surface area contributed by atoms with Crippen molar-refractivity contribution < 1.29 is 4.79 Å². The largest absolute Gasteiger partial charge is 0.350 e. The van der Waals surface area contributed by atoms with Crippen molar-refractivity contribution in [2.24, 2.45) is 0 Å². The minimum Gasteiger partial charge on any atom is -0.350 e. The number of hydrogen-bond acceptors (Lipinski definition) is 5. The first-order valence-corrected chi connectivity index (χ1v) is 8.95. The molecule has 138 valence electrons. The molecule has 0 aliphatic carbocycles. The lowest BCUT2D eigenvalue weighted by molar-refractivity contribution is 0.102. The number of nitrogens with zero attached hydrogens (tertiary/aromatic N) is 3. The number of aryl methyl sites for hydroxylation is 1. The topological polar surface area (TPSA) is 79.8 Å². The van der Waals surface area contributed by atoms with Gasteiger partial charge in [-0.2, -0.15) is 0 Å². The van der Waals surface area contributed by atoms with Crippen LogP contribution in [-0.4, -0.2) is 20.9 Å². The van der Waals surface area contributed by atoms with Gasteiger partial charge in [0.05, 0.1) is 16.8 Å². The Balaban J connectivity index is 1.43. The smallest absolute Gasteiger partial charge is 0.258 e. The highest BCUT2D eigenvalue weighted by atomic mass is 16.1. The van der Waals surface area contributed by atoms with E-state index in [0.29, 0.717) is 23.7 Å². The summed E-state index contributed by atoms with van der Waals surface area (Å²) in [5, 5.41) is 7.00. The van der Waals surface area contributed by atoms with E-state index in [1.807, 2.05) is 30.3 Å². The zero-order valence-electron chi connectivity index (χ0n) is 15.4. The zero-order valence-corrected chi connectivity index (χ0v) is 15.4. The van der Waals surface area contributed by atoms with E-state index in [-0.39, 0.29) is 5.91 Å². The highest BCUT2D eigenvalue weighted by Crippen LogP contribution is 2.21. The predicted molar refractivity (Wildman–Crippen MR) is 110 cm³/mol. The molecular formula is C22H19N5O. The summed E-state index contributed by atoms with van der Waals surface area (Å²) >= 11 is 0. The summed E-state index contributed by atoms with van der Waals surface area (Å²) in [6.07, 6.45) is 4.73. The Morgan fingerprint density at radius 2 is 1.68 bits per heavy atom. The van der Waals surface area contributed by atoms with Crippen molar-refractivity contribution in [3.8, 4) is 0 Å². The van der Waals surface area contributed by atoms with Crippen molar-refractivity contribution in [2.75, 3.05) is 10.6 Å². The van der Waals surface area contributed by atoms with Crippen LogP contribution in [-0.2, 0) is 6.54 Å². The first-order chi connectivity index (χ1) is 13.7. The molecule has 2 aromatic carbocycles. The van der Waals surface area contributed by atoms with Crippen molar-refractivity contribution in [3.63, 3.8) is 0 Å². The van der Waals surface area contributed by atoms with Crippen LogP contribution in [0.3, 0.4) is 0 Å². The third-order valence-corrected chi connectivity index (χ3v) is 4.37. The summed E-state index contributed by atoms with van der Waals surface area (Å²) in [5.74, 6) is 0.201. The molecule has 4 rings (SSSR count). The average molecular weight is 369 g/mol. The van der Waals surface area contributed by atoms with Crippen LogP contribution in [0.2, 0.25) is 0 Å². The number of hydrogen-bond donors (Lipinski definition) is 2. The lowest BCUT2D eigenvalue weighted by Crippen LogP contribution is -2.14. The second-order valence-corrected chi connectivity index (χ2v) is 6.47. The molecule has 0 spiro atoms. The molecule has 0 atom stereocenters. The number of para-hydroxylation sites is 1. The maximum Gasteiger partial charge on any atom is 0.258 e. The molecule has 0 radical (unpaired) electrons. The van der Waals surface area contributed by atoms with Gasteiger partial charge in [0.2, 0.25) is 5.95 Å². The first-order valence-electron chi connectivity index (χ1n) is 8.95. The number of carbonyl (C=O) groups is 1. The third kappa shape index (κ3) is 3.96. The van der Waals surface area contributed by atoms with E-state index >= 15 is 0 Å². The van der Waals surface area contributed by atoms with Gasteiger partial charge < -0.3 is 10.6 Å². The van der Waals surface area contributed by atoms with Crippen molar-refractivity contribution in [1.82, 2.24) is 15.0 Å². The SMILES string of the molecule is Cc1ccc(CNc2ncc(C(=O)Nc3cccc4cccnc34)cn2)cc1. The van der Waals surface area contributed by atoms with Crippen LogP contribution >= 0.6 is 0 Å². The Labute approximate surface area is 162 Å². The van der Waals surface area contributed by atoms with Crippen LogP contribution in [0.4, 0.5) is 11.6 Å². The summed E-state index contributed by atoms with van der Waals surface area (Å²) in [6, 6.07) is 17.7. The Morgan fingerprint density at radius 1 is 0.929 bits per heavy atom. The number of aromatic nitrogens is 3. The molecule has 0 fully saturated rings. The van der Waals surface area contributed by atoms with E-state index in [0.717, 1.165) is 16.5 Å². The van der Waals surface area contributed by atoms with Gasteiger partial charge in [-0.3, -0.25) is 9.78 Å². The van der Waals surface area contributed by atoms with Crippen molar-refractivity contribution >= 4 is 28.4 Å². The molecule has 1 amide bonds. The lowest BCUT2D eigenvalue weighted by Gasteiger charge is -2.08. The minimum absolute atomic E-state index is 0.275. The van der Waals surface area contributed by atoms with E-state index < -0.39 is 0 Å². The molecule has 2 aromatic heterocycles. The number of pyridine rings is 1. The highest BCUT2D eigenvalue weighted by Gasteiger charge is 2.10. The Kier molecular flexibility index (Phi) is 4.93. The molecule has 28 heavy (non-hydrogen) atoms. The maximum atomic E-state index is 12.5. The number of benzene rings is 2. The molecule has 0 aliphatic rings. The first kappa shape index (κ1) is 17.6. The number of amides is 1. The fourth-order valence-corrected chi connectivity index (χ4v) is 2.82. The Bertz CT molecular complexity index is 1100. The fourth-order valence-electron chi connectivity index (χ4n) is 2.82. The molecule has 0 aliphatic heterocycles. The normalized spacial score (nSPS) is 10.6. The highest BCUT2D eigenvalue weighted by molar-refractivity contribution is 6.08. The minimum atomic E-state index is -0.275. The summed E-state index contributed by atoms with van der Waals surface area (Å²) in [4.78, 5) is 25.4. The molecule has 4 aromatic rings. The van der Waals surface area contributed by atoms with Crippen molar-refractivity contribution in [2.45, 2.75) is 13.5 Å². The number of fused-ring (bicyclic) bond motifs is 1. The predicted octanol–water partition coefficient (Wildman–Crippen LogP) is 4.20. The van der Waals surface area contributed by atoms with Gasteiger partial charge in [-0.1, -0.05) is 48.0 Å². The van der Waals surface area contributed by atoms with E-state index in [2.05, 4.69) is 56.8 Å². The van der Waals surface area contributed by atoms with Crippen LogP contribution in [0.1, 0.15) is 21.5 Å². The van der Waals surface area contributed by atoms with Gasteiger partial charge in [0.1, 0.15) is 0 Å². The van der Waals surface area contributed by atoms with Crippen molar-refractivity contribution in [3.05, 3.63) is 89.9 Å². The van der Waals surface area contributed by atoms with Gasteiger partial charge in [-0.25, -0.2) is 9.97 Å². The van der Waals surface area contributed by atoms with Crippen LogP contribution in [0.5, 0.6) is 0 Å². The van der Waals surface area contributed by atoms with Gasteiger partial charge >= 0.3 is 0 Å². The molecule has 6 nitrogen and oxygen atoms in total. The molecule has 0 saturated heterocycles. The van der Waals surface area contributed by atoms with E-state index in [1.54, 1.807) is 6.20 Å². The van der Waals surface area contributed by atoms with E-state index in [9.17, 15) is 4.79 Å². The summed E-state index contributed by atoms with van der Waals surface area (Å²) in [6.45, 7) is 2.67. The van der Waals surface area contributed by atoms with Gasteiger partial charge in [0.15, 0.2) is 0 Å². The molecule has 6 heteroatoms. The van der Waals surface area contributed by atoms with E-state index in [1.165, 1.54) is 18.0 Å². The summed E-state index contributed by atoms with van der Waals surface area (Å²) < 4.78 is 0. The Hall–Kier alpha value is -3.80. The lowest BCUT2D eigenvalue weighted by atomic mass is 10.1. The molecule has 0 bridgehead atoms. The number of rotatable bonds is 5. The monoisotopic (exact) mass is 369 g/mol. The van der Waals surface area contributed by atoms with Crippen LogP contribution in [0.15, 0.2) is 73.2 Å². The second kappa shape index (κ2) is 7.84. The summed E-state index contributed by atoms with van der Waals surface area (Å²) in [5.41, 5.74) is 4.14. The standard InChI is InChI=1S/C22H19N5O/c1-15-7-9-16(10-8-15)12-24-22-25-13-18(14-26-22)21(28)27-19-6-2-4-17-5-3-11-23-20(17)19/h2-11,13-14H,12H2,1H3,(H,27,28)(H,24,25,26). The molecular weight excluding hydrogens is 350 g/mol.